The van der Waals surface area contributed by atoms with Gasteiger partial charge in [0.1, 0.15) is 25.4 Å². The highest BCUT2D eigenvalue weighted by Gasteiger charge is 2.23. The van der Waals surface area contributed by atoms with E-state index in [1.165, 1.54) is 6.33 Å². The summed E-state index contributed by atoms with van der Waals surface area (Å²) in [5.74, 6) is 1.66. The van der Waals surface area contributed by atoms with Gasteiger partial charge < -0.3 is 29.6 Å². The van der Waals surface area contributed by atoms with E-state index >= 15 is 0 Å². The van der Waals surface area contributed by atoms with Gasteiger partial charge in [0.15, 0.2) is 11.5 Å². The molecule has 0 aliphatic heterocycles. The van der Waals surface area contributed by atoms with Crippen LogP contribution < -0.4 is 20.1 Å². The van der Waals surface area contributed by atoms with Crippen LogP contribution in [0.5, 0.6) is 11.5 Å². The van der Waals surface area contributed by atoms with Gasteiger partial charge in [-0.3, -0.25) is 4.79 Å². The Labute approximate surface area is 192 Å². The number of rotatable bonds is 12. The molecule has 2 N–H and O–H groups in total. The number of nitrogens with zero attached hydrogens (tertiary/aromatic N) is 2. The lowest BCUT2D eigenvalue weighted by Gasteiger charge is -2.15. The third-order valence-corrected chi connectivity index (χ3v) is 5.09. The first-order valence-electron chi connectivity index (χ1n) is 10.9. The zero-order chi connectivity index (χ0) is 23.0. The Kier molecular flexibility index (Phi) is 7.54. The molecule has 1 amide bonds. The van der Waals surface area contributed by atoms with Gasteiger partial charge in [-0.15, -0.1) is 0 Å². The van der Waals surface area contributed by atoms with Crippen LogP contribution in [0.25, 0.3) is 10.9 Å². The Morgan fingerprint density at radius 2 is 1.70 bits per heavy atom. The Morgan fingerprint density at radius 1 is 0.970 bits per heavy atom. The number of methoxy groups -OCH3 is 2. The predicted octanol–water partition coefficient (Wildman–Crippen LogP) is 3.32. The summed E-state index contributed by atoms with van der Waals surface area (Å²) in [6.45, 7) is 1.66. The van der Waals surface area contributed by atoms with E-state index in [4.69, 9.17) is 18.9 Å². The van der Waals surface area contributed by atoms with Crippen LogP contribution in [0.15, 0.2) is 42.7 Å². The number of fused-ring (bicyclic) bond motifs is 1. The summed E-state index contributed by atoms with van der Waals surface area (Å²) in [5.41, 5.74) is 2.05. The molecule has 1 aliphatic carbocycles. The zero-order valence-corrected chi connectivity index (χ0v) is 18.8. The van der Waals surface area contributed by atoms with Crippen molar-refractivity contribution in [2.24, 2.45) is 0 Å². The van der Waals surface area contributed by atoms with Gasteiger partial charge in [0, 0.05) is 43.0 Å². The first-order chi connectivity index (χ1) is 16.2. The zero-order valence-electron chi connectivity index (χ0n) is 18.8. The van der Waals surface area contributed by atoms with Gasteiger partial charge >= 0.3 is 0 Å². The number of amides is 1. The fourth-order valence-corrected chi connectivity index (χ4v) is 3.23. The maximum Gasteiger partial charge on any atom is 0.251 e. The molecule has 174 valence electrons. The van der Waals surface area contributed by atoms with Crippen LogP contribution >= 0.6 is 0 Å². The van der Waals surface area contributed by atoms with Crippen LogP contribution in [0.1, 0.15) is 23.2 Å². The second-order valence-corrected chi connectivity index (χ2v) is 7.67. The molecule has 2 aromatic carbocycles. The van der Waals surface area contributed by atoms with Gasteiger partial charge in [0.2, 0.25) is 0 Å². The first kappa shape index (κ1) is 22.8. The molecule has 0 spiro atoms. The quantitative estimate of drug-likeness (QED) is 0.404. The second kappa shape index (κ2) is 10.9. The van der Waals surface area contributed by atoms with Gasteiger partial charge in [0.05, 0.1) is 18.7 Å². The van der Waals surface area contributed by atoms with Crippen LogP contribution in [0.3, 0.4) is 0 Å². The van der Waals surface area contributed by atoms with Crippen molar-refractivity contribution in [3.05, 3.63) is 48.3 Å². The maximum absolute atomic E-state index is 12.4. The van der Waals surface area contributed by atoms with E-state index in [1.54, 1.807) is 20.3 Å². The van der Waals surface area contributed by atoms with E-state index in [1.807, 2.05) is 30.3 Å². The van der Waals surface area contributed by atoms with E-state index in [9.17, 15) is 4.79 Å². The largest absolute Gasteiger partial charge is 0.487 e. The number of benzene rings is 2. The third kappa shape index (κ3) is 6.09. The molecule has 3 aromatic rings. The van der Waals surface area contributed by atoms with E-state index in [2.05, 4.69) is 20.6 Å². The second-order valence-electron chi connectivity index (χ2n) is 7.67. The monoisotopic (exact) mass is 452 g/mol. The Balaban J connectivity index is 1.60. The molecule has 4 rings (SSSR count). The highest BCUT2D eigenvalue weighted by molar-refractivity contribution is 5.96. The highest BCUT2D eigenvalue weighted by Crippen LogP contribution is 2.35. The van der Waals surface area contributed by atoms with Crippen molar-refractivity contribution in [3.8, 4) is 11.5 Å². The molecule has 1 heterocycles. The fourth-order valence-electron chi connectivity index (χ4n) is 3.23. The fraction of sp³-hybridized carbons (Fsp3) is 0.375. The number of hydrogen-bond donors (Lipinski definition) is 2. The van der Waals surface area contributed by atoms with Crippen LogP contribution in [-0.2, 0) is 9.47 Å². The van der Waals surface area contributed by atoms with Gasteiger partial charge in [-0.2, -0.15) is 0 Å². The van der Waals surface area contributed by atoms with Gasteiger partial charge in [-0.25, -0.2) is 9.97 Å². The molecule has 1 aliphatic rings. The smallest absolute Gasteiger partial charge is 0.251 e. The topological polar surface area (TPSA) is 104 Å². The standard InChI is InChI=1S/C24H28N4O5/c1-30-8-10-32-21-13-19-20(14-22(21)33-11-9-31-2)25-15-26-23(19)27-18-5-3-4-16(12-18)24(29)28-17-6-7-17/h3-5,12-15,17H,6-11H2,1-2H3,(H,28,29)(H,25,26,27). The molecule has 9 nitrogen and oxygen atoms in total. The summed E-state index contributed by atoms with van der Waals surface area (Å²) in [6, 6.07) is 11.3. The number of aromatic nitrogens is 2. The predicted molar refractivity (Wildman–Crippen MR) is 124 cm³/mol. The number of carbonyl (C=O) groups is 1. The molecule has 0 saturated heterocycles. The van der Waals surface area contributed by atoms with E-state index in [0.29, 0.717) is 60.9 Å². The number of anilines is 2. The first-order valence-corrected chi connectivity index (χ1v) is 10.9. The molecule has 1 aromatic heterocycles. The van der Waals surface area contributed by atoms with Crippen LogP contribution in [0.4, 0.5) is 11.5 Å². The molecule has 0 unspecified atom stereocenters. The number of ether oxygens (including phenoxy) is 4. The van der Waals surface area contributed by atoms with Crippen LogP contribution in [0, 0.1) is 0 Å². The average molecular weight is 453 g/mol. The minimum Gasteiger partial charge on any atom is -0.487 e. The lowest BCUT2D eigenvalue weighted by Crippen LogP contribution is -2.25. The molecule has 33 heavy (non-hydrogen) atoms. The molecule has 9 heteroatoms. The minimum absolute atomic E-state index is 0.0691. The maximum atomic E-state index is 12.4. The summed E-state index contributed by atoms with van der Waals surface area (Å²) in [4.78, 5) is 21.2. The van der Waals surface area contributed by atoms with Crippen molar-refractivity contribution in [1.82, 2.24) is 15.3 Å². The minimum atomic E-state index is -0.0691. The highest BCUT2D eigenvalue weighted by atomic mass is 16.5. The molecule has 0 atom stereocenters. The van der Waals surface area contributed by atoms with Crippen molar-refractivity contribution < 1.29 is 23.7 Å². The van der Waals surface area contributed by atoms with Gasteiger partial charge in [-0.1, -0.05) is 6.07 Å². The number of hydrogen-bond acceptors (Lipinski definition) is 8. The number of carbonyl (C=O) groups excluding carboxylic acids is 1. The molecule has 1 saturated carbocycles. The van der Waals surface area contributed by atoms with Crippen molar-refractivity contribution in [2.45, 2.75) is 18.9 Å². The van der Waals surface area contributed by atoms with E-state index in [0.717, 1.165) is 23.9 Å². The van der Waals surface area contributed by atoms with Crippen molar-refractivity contribution >= 4 is 28.3 Å². The van der Waals surface area contributed by atoms with Gasteiger partial charge in [0.25, 0.3) is 5.91 Å². The van der Waals surface area contributed by atoms with E-state index in [-0.39, 0.29) is 5.91 Å². The molecule has 0 bridgehead atoms. The summed E-state index contributed by atoms with van der Waals surface area (Å²) >= 11 is 0. The Hall–Kier alpha value is -3.43. The molecular weight excluding hydrogens is 424 g/mol. The molecule has 0 radical (unpaired) electrons. The van der Waals surface area contributed by atoms with Gasteiger partial charge in [-0.05, 0) is 37.1 Å². The SMILES string of the molecule is COCCOc1cc2ncnc(Nc3cccc(C(=O)NC4CC4)c3)c2cc1OCCOC. The summed E-state index contributed by atoms with van der Waals surface area (Å²) < 4.78 is 21.9. The summed E-state index contributed by atoms with van der Waals surface area (Å²) in [7, 11) is 3.24. The summed E-state index contributed by atoms with van der Waals surface area (Å²) in [6.07, 6.45) is 3.57. The Bertz CT molecular complexity index is 1100. The molecule has 1 fully saturated rings. The van der Waals surface area contributed by atoms with Crippen molar-refractivity contribution in [1.29, 1.82) is 0 Å². The Morgan fingerprint density at radius 3 is 2.39 bits per heavy atom. The molecular formula is C24H28N4O5. The third-order valence-electron chi connectivity index (χ3n) is 5.09. The normalized spacial score (nSPS) is 13.0. The van der Waals surface area contributed by atoms with Crippen LogP contribution in [-0.4, -0.2) is 62.6 Å². The van der Waals surface area contributed by atoms with Crippen molar-refractivity contribution in [2.75, 3.05) is 46.0 Å². The lowest BCUT2D eigenvalue weighted by molar-refractivity contribution is 0.0951. The van der Waals surface area contributed by atoms with Crippen molar-refractivity contribution in [3.63, 3.8) is 0 Å². The lowest BCUT2D eigenvalue weighted by atomic mass is 10.1. The average Bonchev–Trinajstić information content (AvgIpc) is 3.64. The van der Waals surface area contributed by atoms with E-state index < -0.39 is 0 Å². The summed E-state index contributed by atoms with van der Waals surface area (Å²) in [5, 5.41) is 7.07. The number of nitrogens with one attached hydrogen (secondary N) is 2. The van der Waals surface area contributed by atoms with Crippen LogP contribution in [0.2, 0.25) is 0 Å².